The topological polar surface area (TPSA) is 39.3 Å². The second kappa shape index (κ2) is 5.91. The highest BCUT2D eigenvalue weighted by atomic mass is 32.1. The van der Waals surface area contributed by atoms with Crippen molar-refractivity contribution in [2.24, 2.45) is 0 Å². The summed E-state index contributed by atoms with van der Waals surface area (Å²) in [5.74, 6) is 0. The number of H-pyrrole nitrogens is 1. The lowest BCUT2D eigenvalue weighted by Gasteiger charge is -2.32. The Morgan fingerprint density at radius 3 is 2.55 bits per heavy atom. The van der Waals surface area contributed by atoms with Crippen LogP contribution in [0.4, 0.5) is 0 Å². The Hall–Kier alpha value is -1.43. The first-order chi connectivity index (χ1) is 9.72. The van der Waals surface area contributed by atoms with E-state index in [0.717, 1.165) is 48.9 Å². The van der Waals surface area contributed by atoms with Gasteiger partial charge >= 0.3 is 4.87 Å². The van der Waals surface area contributed by atoms with Crippen LogP contribution in [-0.2, 0) is 6.54 Å². The molecule has 0 aliphatic carbocycles. The molecular formula is C15H19N3OS. The van der Waals surface area contributed by atoms with Crippen molar-refractivity contribution in [3.05, 3.63) is 44.9 Å². The van der Waals surface area contributed by atoms with E-state index in [1.54, 1.807) is 0 Å². The van der Waals surface area contributed by atoms with Crippen LogP contribution in [0.5, 0.6) is 0 Å². The van der Waals surface area contributed by atoms with Crippen molar-refractivity contribution in [1.82, 2.24) is 14.8 Å². The summed E-state index contributed by atoms with van der Waals surface area (Å²) >= 11 is 1.34. The number of aromatic amines is 1. The van der Waals surface area contributed by atoms with E-state index in [9.17, 15) is 4.79 Å². The van der Waals surface area contributed by atoms with Crippen molar-refractivity contribution in [2.75, 3.05) is 33.2 Å². The fourth-order valence-electron chi connectivity index (χ4n) is 2.52. The molecule has 1 aromatic heterocycles. The quantitative estimate of drug-likeness (QED) is 0.937. The maximum absolute atomic E-state index is 11.7. The minimum Gasteiger partial charge on any atom is -0.312 e. The standard InChI is InChI=1S/C15H19N3OS/c1-17-7-9-18(10-8-17)11-13-14(16-15(19)20-13)12-5-3-2-4-6-12/h2-6H,7-11H2,1H3,(H,16,19). The van der Waals surface area contributed by atoms with Gasteiger partial charge in [0.25, 0.3) is 0 Å². The largest absolute Gasteiger partial charge is 0.312 e. The van der Waals surface area contributed by atoms with Crippen molar-refractivity contribution >= 4 is 11.3 Å². The summed E-state index contributed by atoms with van der Waals surface area (Å²) in [6.45, 7) is 5.19. The van der Waals surface area contributed by atoms with Crippen LogP contribution in [-0.4, -0.2) is 48.0 Å². The minimum atomic E-state index is 0.0352. The third-order valence-corrected chi connectivity index (χ3v) is 4.61. The summed E-state index contributed by atoms with van der Waals surface area (Å²) in [5, 5.41) is 0. The molecule has 0 radical (unpaired) electrons. The molecule has 0 spiro atoms. The summed E-state index contributed by atoms with van der Waals surface area (Å²) in [5.41, 5.74) is 2.08. The van der Waals surface area contributed by atoms with Gasteiger partial charge < -0.3 is 9.88 Å². The van der Waals surface area contributed by atoms with Gasteiger partial charge in [-0.3, -0.25) is 9.69 Å². The molecule has 1 aromatic carbocycles. The third-order valence-electron chi connectivity index (χ3n) is 3.75. The molecule has 4 nitrogen and oxygen atoms in total. The molecule has 3 rings (SSSR count). The lowest BCUT2D eigenvalue weighted by Crippen LogP contribution is -2.43. The third kappa shape index (κ3) is 3.00. The summed E-state index contributed by atoms with van der Waals surface area (Å²) < 4.78 is 0. The number of hydrogen-bond acceptors (Lipinski definition) is 4. The van der Waals surface area contributed by atoms with Gasteiger partial charge in [-0.25, -0.2) is 0 Å². The summed E-state index contributed by atoms with van der Waals surface area (Å²) in [7, 11) is 2.15. The second-order valence-electron chi connectivity index (χ2n) is 5.26. The molecule has 2 heterocycles. The number of likely N-dealkylation sites (N-methyl/N-ethyl adjacent to an activating group) is 1. The number of nitrogens with zero attached hydrogens (tertiary/aromatic N) is 2. The van der Waals surface area contributed by atoms with Gasteiger partial charge in [0.1, 0.15) is 0 Å². The highest BCUT2D eigenvalue weighted by Gasteiger charge is 2.17. The van der Waals surface area contributed by atoms with Crippen molar-refractivity contribution in [2.45, 2.75) is 6.54 Å². The van der Waals surface area contributed by atoms with E-state index in [1.807, 2.05) is 30.3 Å². The first-order valence-electron chi connectivity index (χ1n) is 6.90. The van der Waals surface area contributed by atoms with Crippen molar-refractivity contribution in [3.8, 4) is 11.3 Å². The van der Waals surface area contributed by atoms with E-state index in [0.29, 0.717) is 0 Å². The predicted molar refractivity (Wildman–Crippen MR) is 83.1 cm³/mol. The Morgan fingerprint density at radius 2 is 1.85 bits per heavy atom. The highest BCUT2D eigenvalue weighted by molar-refractivity contribution is 7.09. The summed E-state index contributed by atoms with van der Waals surface area (Å²) in [6, 6.07) is 10.1. The molecule has 0 unspecified atom stereocenters. The summed E-state index contributed by atoms with van der Waals surface area (Å²) in [4.78, 5) is 20.6. The Bertz CT molecular complexity index is 612. The van der Waals surface area contributed by atoms with Crippen molar-refractivity contribution < 1.29 is 0 Å². The maximum Gasteiger partial charge on any atom is 0.305 e. The van der Waals surface area contributed by atoms with Gasteiger partial charge in [-0.15, -0.1) is 0 Å². The predicted octanol–water partition coefficient (Wildman–Crippen LogP) is 1.85. The fraction of sp³-hybridized carbons (Fsp3) is 0.400. The molecule has 106 valence electrons. The monoisotopic (exact) mass is 289 g/mol. The first-order valence-corrected chi connectivity index (χ1v) is 7.72. The van der Waals surface area contributed by atoms with Gasteiger partial charge in [0, 0.05) is 37.6 Å². The van der Waals surface area contributed by atoms with E-state index in [-0.39, 0.29) is 4.87 Å². The van der Waals surface area contributed by atoms with Crippen LogP contribution in [0.1, 0.15) is 4.88 Å². The minimum absolute atomic E-state index is 0.0352. The normalized spacial score (nSPS) is 17.4. The zero-order valence-corrected chi connectivity index (χ0v) is 12.4. The van der Waals surface area contributed by atoms with Crippen molar-refractivity contribution in [3.63, 3.8) is 0 Å². The molecule has 1 aliphatic rings. The van der Waals surface area contributed by atoms with E-state index in [4.69, 9.17) is 0 Å². The van der Waals surface area contributed by atoms with Gasteiger partial charge in [-0.2, -0.15) is 0 Å². The van der Waals surface area contributed by atoms with Crippen LogP contribution in [0.2, 0.25) is 0 Å². The second-order valence-corrected chi connectivity index (χ2v) is 6.33. The molecular weight excluding hydrogens is 270 g/mol. The Balaban J connectivity index is 1.82. The summed E-state index contributed by atoms with van der Waals surface area (Å²) in [6.07, 6.45) is 0. The van der Waals surface area contributed by atoms with E-state index >= 15 is 0 Å². The molecule has 1 fully saturated rings. The van der Waals surface area contributed by atoms with Crippen molar-refractivity contribution in [1.29, 1.82) is 0 Å². The fourth-order valence-corrected chi connectivity index (χ4v) is 3.41. The average molecular weight is 289 g/mol. The lowest BCUT2D eigenvalue weighted by molar-refractivity contribution is 0.149. The number of rotatable bonds is 3. The average Bonchev–Trinajstić information content (AvgIpc) is 2.83. The van der Waals surface area contributed by atoms with Crippen LogP contribution >= 0.6 is 11.3 Å². The lowest BCUT2D eigenvalue weighted by atomic mass is 10.1. The smallest absolute Gasteiger partial charge is 0.305 e. The van der Waals surface area contributed by atoms with Gasteiger partial charge in [-0.05, 0) is 12.6 Å². The number of piperazine rings is 1. The number of benzene rings is 1. The molecule has 0 atom stereocenters. The Kier molecular flexibility index (Phi) is 4.00. The van der Waals surface area contributed by atoms with Gasteiger partial charge in [0.15, 0.2) is 0 Å². The maximum atomic E-state index is 11.7. The molecule has 1 N–H and O–H groups in total. The molecule has 20 heavy (non-hydrogen) atoms. The Labute approximate surface area is 122 Å². The van der Waals surface area contributed by atoms with E-state index < -0.39 is 0 Å². The molecule has 0 bridgehead atoms. The number of thiazole rings is 1. The van der Waals surface area contributed by atoms with E-state index in [2.05, 4.69) is 21.8 Å². The zero-order chi connectivity index (χ0) is 13.9. The molecule has 5 heteroatoms. The van der Waals surface area contributed by atoms with Gasteiger partial charge in [0.05, 0.1) is 5.69 Å². The molecule has 2 aromatic rings. The molecule has 0 amide bonds. The van der Waals surface area contributed by atoms with Crippen LogP contribution in [0.15, 0.2) is 35.1 Å². The van der Waals surface area contributed by atoms with Crippen LogP contribution in [0.25, 0.3) is 11.3 Å². The highest BCUT2D eigenvalue weighted by Crippen LogP contribution is 2.24. The molecule has 1 aliphatic heterocycles. The van der Waals surface area contributed by atoms with E-state index in [1.165, 1.54) is 11.3 Å². The number of aromatic nitrogens is 1. The Morgan fingerprint density at radius 1 is 1.15 bits per heavy atom. The van der Waals surface area contributed by atoms with Gasteiger partial charge in [0.2, 0.25) is 0 Å². The SMILES string of the molecule is CN1CCN(Cc2sc(=O)[nH]c2-c2ccccc2)CC1. The zero-order valence-electron chi connectivity index (χ0n) is 11.6. The number of hydrogen-bond donors (Lipinski definition) is 1. The molecule has 1 saturated heterocycles. The number of nitrogens with one attached hydrogen (secondary N) is 1. The van der Waals surface area contributed by atoms with Gasteiger partial charge in [-0.1, -0.05) is 41.7 Å². The van der Waals surface area contributed by atoms with Crippen LogP contribution < -0.4 is 4.87 Å². The first kappa shape index (κ1) is 13.5. The van der Waals surface area contributed by atoms with Crippen LogP contribution in [0.3, 0.4) is 0 Å². The molecule has 0 saturated carbocycles. The van der Waals surface area contributed by atoms with Crippen LogP contribution in [0, 0.1) is 0 Å².